The normalized spacial score (nSPS) is 12.9. The van der Waals surface area contributed by atoms with Gasteiger partial charge in [0.1, 0.15) is 0 Å². The van der Waals surface area contributed by atoms with Crippen LogP contribution in [0.1, 0.15) is 55.4 Å². The van der Waals surface area contributed by atoms with Crippen LogP contribution in [-0.2, 0) is 0 Å². The van der Waals surface area contributed by atoms with Crippen LogP contribution >= 0.6 is 15.8 Å². The first-order chi connectivity index (χ1) is 13.7. The summed E-state index contributed by atoms with van der Waals surface area (Å²) in [6.45, 7) is 19.6. The molecule has 2 rings (SSSR count). The molecule has 160 valence electrons. The van der Waals surface area contributed by atoms with E-state index in [9.17, 15) is 0 Å². The van der Waals surface area contributed by atoms with Crippen molar-refractivity contribution in [3.05, 3.63) is 60.7 Å². The van der Waals surface area contributed by atoms with E-state index < -0.39 is 6.15 Å². The third kappa shape index (κ3) is 6.18. The van der Waals surface area contributed by atoms with Crippen LogP contribution in [0.4, 0.5) is 0 Å². The van der Waals surface area contributed by atoms with Crippen molar-refractivity contribution in [1.82, 2.24) is 0 Å². The predicted octanol–water partition coefficient (Wildman–Crippen LogP) is 6.93. The summed E-state index contributed by atoms with van der Waals surface area (Å²) in [6.07, 6.45) is -0.778. The quantitative estimate of drug-likeness (QED) is 0.285. The van der Waals surface area contributed by atoms with E-state index in [1.165, 1.54) is 12.1 Å². The van der Waals surface area contributed by atoms with E-state index in [1.54, 1.807) is 10.9 Å². The smallest absolute Gasteiger partial charge is 0.0631 e. The molecule has 2 aromatic carbocycles. The molecule has 0 fully saturated rings. The van der Waals surface area contributed by atoms with Crippen LogP contribution in [0.5, 0.6) is 0 Å². The van der Waals surface area contributed by atoms with Crippen molar-refractivity contribution in [3.8, 4) is 0 Å². The second-order valence-corrected chi connectivity index (χ2v) is 16.8. The molecule has 0 amide bonds. The van der Waals surface area contributed by atoms with E-state index in [1.807, 2.05) is 0 Å². The maximum atomic E-state index is 2.45. The summed E-state index contributed by atoms with van der Waals surface area (Å²) in [5.41, 5.74) is 6.24. The van der Waals surface area contributed by atoms with Gasteiger partial charge in [-0.3, -0.25) is 0 Å². The van der Waals surface area contributed by atoms with Gasteiger partial charge in [0.25, 0.3) is 0 Å². The van der Waals surface area contributed by atoms with Crippen LogP contribution in [0.2, 0.25) is 0 Å². The lowest BCUT2D eigenvalue weighted by Gasteiger charge is -2.50. The third-order valence-corrected chi connectivity index (χ3v) is 14.0. The Hall–Kier alpha value is -0.635. The molecule has 2 aromatic rings. The Morgan fingerprint density at radius 3 is 1.03 bits per heavy atom. The van der Waals surface area contributed by atoms with E-state index in [2.05, 4.69) is 116 Å². The maximum absolute atomic E-state index is 2.45. The molecule has 0 spiro atoms. The average molecular weight is 427 g/mol. The summed E-state index contributed by atoms with van der Waals surface area (Å²) in [5.74, 6) is 0. The van der Waals surface area contributed by atoms with Gasteiger partial charge in [-0.05, 0) is 22.6 Å². The zero-order valence-electron chi connectivity index (χ0n) is 20.0. The number of rotatable bonds is 10. The van der Waals surface area contributed by atoms with Gasteiger partial charge >= 0.3 is 0 Å². The Morgan fingerprint density at radius 2 is 0.793 bits per heavy atom. The molecule has 0 aliphatic heterocycles. The number of benzene rings is 2. The van der Waals surface area contributed by atoms with Crippen molar-refractivity contribution < 1.29 is 0 Å². The van der Waals surface area contributed by atoms with Crippen LogP contribution in [-0.4, -0.2) is 40.9 Å². The Bertz CT molecular complexity index is 631. The first-order valence-corrected chi connectivity index (χ1v) is 14.8. The Kier molecular flexibility index (Phi) is 9.44. The average Bonchev–Trinajstić information content (AvgIpc) is 2.68. The summed E-state index contributed by atoms with van der Waals surface area (Å²) in [5, 5.41) is 0. The zero-order chi connectivity index (χ0) is 21.6. The van der Waals surface area contributed by atoms with Gasteiger partial charge in [-0.1, -0.05) is 116 Å². The second-order valence-electron chi connectivity index (χ2n) is 9.84. The fraction of sp³-hybridized carbons (Fsp3) is 0.538. The highest BCUT2D eigenvalue weighted by Gasteiger charge is 2.35. The molecule has 29 heavy (non-hydrogen) atoms. The minimum absolute atomic E-state index is 0.0448. The summed E-state index contributed by atoms with van der Waals surface area (Å²) in [7, 11) is -0.0897. The van der Waals surface area contributed by atoms with Gasteiger partial charge in [0.15, 0.2) is 0 Å². The molecule has 0 unspecified atom stereocenters. The van der Waals surface area contributed by atoms with Crippen LogP contribution in [0, 0.1) is 0 Å². The van der Waals surface area contributed by atoms with Crippen LogP contribution in [0.3, 0.4) is 0 Å². The molecule has 0 aromatic heterocycles. The molecule has 0 aliphatic rings. The minimum Gasteiger partial charge on any atom is -0.204 e. The summed E-state index contributed by atoms with van der Waals surface area (Å²) >= 11 is 0. The van der Waals surface area contributed by atoms with E-state index in [0.29, 0.717) is 0 Å². The molecule has 0 atom stereocenters. The summed E-state index contributed by atoms with van der Waals surface area (Å²) in [6, 6.07) is 25.8. The van der Waals surface area contributed by atoms with Crippen molar-refractivity contribution in [2.75, 3.05) is 12.1 Å². The molecule has 0 heterocycles. The summed E-state index contributed by atoms with van der Waals surface area (Å²) in [4.78, 5) is 0. The van der Waals surface area contributed by atoms with Crippen LogP contribution in [0.25, 0.3) is 0 Å². The van der Waals surface area contributed by atoms with Gasteiger partial charge < -0.3 is 0 Å². The monoisotopic (exact) mass is 427 g/mol. The fourth-order valence-corrected chi connectivity index (χ4v) is 11.9. The van der Waals surface area contributed by atoms with Gasteiger partial charge in [-0.15, -0.1) is 28.0 Å². The molecule has 0 aliphatic carbocycles. The SMILES string of the molecule is CC(C)P(C[B-](CP(C(C)C)C(C)C)(c1ccccc1)c1ccccc1)C(C)C. The highest BCUT2D eigenvalue weighted by molar-refractivity contribution is 7.66. The van der Waals surface area contributed by atoms with Crippen molar-refractivity contribution in [3.63, 3.8) is 0 Å². The van der Waals surface area contributed by atoms with Crippen molar-refractivity contribution in [1.29, 1.82) is 0 Å². The maximum Gasteiger partial charge on any atom is 0.0631 e. The van der Waals surface area contributed by atoms with E-state index in [0.717, 1.165) is 22.6 Å². The Morgan fingerprint density at radius 1 is 0.517 bits per heavy atom. The molecule has 0 nitrogen and oxygen atoms in total. The number of hydrogen-bond donors (Lipinski definition) is 0. The molecule has 0 saturated carbocycles. The molecule has 0 N–H and O–H groups in total. The largest absolute Gasteiger partial charge is 0.204 e. The first-order valence-electron chi connectivity index (χ1n) is 11.5. The van der Waals surface area contributed by atoms with Crippen LogP contribution in [0.15, 0.2) is 60.7 Å². The standard InChI is InChI=1S/C26H42BP2/c1-21(2)28(22(3)4)19-27(25-15-11-9-12-16-25,26-17-13-10-14-18-26)20-29(23(5)6)24(7)8/h9-18,21-24H,19-20H2,1-8H3/q-1. The Balaban J connectivity index is 2.71. The number of hydrogen-bond acceptors (Lipinski definition) is 0. The molecule has 3 heteroatoms. The second kappa shape index (κ2) is 11.1. The Labute approximate surface area is 183 Å². The molecule has 0 saturated heterocycles. The van der Waals surface area contributed by atoms with E-state index in [4.69, 9.17) is 0 Å². The van der Waals surface area contributed by atoms with Crippen molar-refractivity contribution in [2.45, 2.75) is 78.0 Å². The molecule has 0 bridgehead atoms. The fourth-order valence-electron chi connectivity index (χ4n) is 5.07. The van der Waals surface area contributed by atoms with Gasteiger partial charge in [0.2, 0.25) is 0 Å². The third-order valence-electron chi connectivity index (χ3n) is 6.57. The van der Waals surface area contributed by atoms with Gasteiger partial charge in [0.05, 0.1) is 6.15 Å². The molecular formula is C26H42BP2-. The minimum atomic E-state index is -0.778. The molecular weight excluding hydrogens is 385 g/mol. The zero-order valence-corrected chi connectivity index (χ0v) is 21.8. The van der Waals surface area contributed by atoms with Crippen molar-refractivity contribution in [2.24, 2.45) is 0 Å². The lowest BCUT2D eigenvalue weighted by molar-refractivity contribution is 1.01. The van der Waals surface area contributed by atoms with Gasteiger partial charge in [-0.25, -0.2) is 10.9 Å². The topological polar surface area (TPSA) is 0 Å². The molecule has 0 radical (unpaired) electrons. The van der Waals surface area contributed by atoms with E-state index >= 15 is 0 Å². The predicted molar refractivity (Wildman–Crippen MR) is 142 cm³/mol. The summed E-state index contributed by atoms with van der Waals surface area (Å²) < 4.78 is 0. The van der Waals surface area contributed by atoms with Crippen LogP contribution < -0.4 is 10.9 Å². The first kappa shape index (κ1) is 24.6. The van der Waals surface area contributed by atoms with Gasteiger partial charge in [-0.2, -0.15) is 0 Å². The lowest BCUT2D eigenvalue weighted by atomic mass is 9.21. The highest BCUT2D eigenvalue weighted by Crippen LogP contribution is 2.52. The van der Waals surface area contributed by atoms with Crippen molar-refractivity contribution >= 4 is 32.9 Å². The lowest BCUT2D eigenvalue weighted by Crippen LogP contribution is -2.64. The highest BCUT2D eigenvalue weighted by atomic mass is 31.1. The van der Waals surface area contributed by atoms with E-state index in [-0.39, 0.29) is 15.8 Å². The van der Waals surface area contributed by atoms with Gasteiger partial charge in [0, 0.05) is 0 Å².